The van der Waals surface area contributed by atoms with Crippen molar-refractivity contribution in [2.45, 2.75) is 57.8 Å². The molecule has 2 spiro atoms. The van der Waals surface area contributed by atoms with Gasteiger partial charge in [-0.1, -0.05) is 12.8 Å². The molecule has 0 aromatic heterocycles. The van der Waals surface area contributed by atoms with E-state index in [2.05, 4.69) is 0 Å². The molecule has 5 saturated carbocycles. The van der Waals surface area contributed by atoms with Crippen LogP contribution < -0.4 is 0 Å². The quantitative estimate of drug-likeness (QED) is 0.527. The minimum Gasteiger partial charge on any atom is -0.0528 e. The third-order valence-electron chi connectivity index (χ3n) is 6.06. The van der Waals surface area contributed by atoms with Crippen molar-refractivity contribution >= 4 is 0 Å². The van der Waals surface area contributed by atoms with Gasteiger partial charge in [0.2, 0.25) is 0 Å². The summed E-state index contributed by atoms with van der Waals surface area (Å²) >= 11 is 0. The summed E-state index contributed by atoms with van der Waals surface area (Å²) in [5.41, 5.74) is 1.83. The lowest BCUT2D eigenvalue weighted by molar-refractivity contribution is -0.214. The van der Waals surface area contributed by atoms with Crippen LogP contribution in [0.1, 0.15) is 57.8 Å². The molecule has 0 radical (unpaired) electrons. The van der Waals surface area contributed by atoms with Crippen LogP contribution in [0, 0.1) is 22.7 Å². The van der Waals surface area contributed by atoms with Crippen molar-refractivity contribution in [1.82, 2.24) is 0 Å². The van der Waals surface area contributed by atoms with Gasteiger partial charge in [-0.15, -0.1) is 0 Å². The van der Waals surface area contributed by atoms with Crippen LogP contribution in [0.3, 0.4) is 0 Å². The fourth-order valence-corrected chi connectivity index (χ4v) is 5.60. The second kappa shape index (κ2) is 1.99. The predicted molar refractivity (Wildman–Crippen MR) is 53.4 cm³/mol. The minimum atomic E-state index is 0.889. The topological polar surface area (TPSA) is 0 Å². The second-order valence-corrected chi connectivity index (χ2v) is 6.56. The number of hydrogen-bond acceptors (Lipinski definition) is 0. The van der Waals surface area contributed by atoms with E-state index in [1.165, 1.54) is 11.8 Å². The Balaban J connectivity index is 1.65. The van der Waals surface area contributed by atoms with Gasteiger partial charge in [0.15, 0.2) is 0 Å². The van der Waals surface area contributed by atoms with Gasteiger partial charge in [0, 0.05) is 0 Å². The Hall–Kier alpha value is 0. The van der Waals surface area contributed by atoms with Crippen molar-refractivity contribution < 1.29 is 0 Å². The highest BCUT2D eigenvalue weighted by atomic mass is 14.7. The molecule has 2 bridgehead atoms. The Labute approximate surface area is 81.1 Å². The van der Waals surface area contributed by atoms with Crippen molar-refractivity contribution in [2.24, 2.45) is 22.7 Å². The monoisotopic (exact) mass is 176 g/mol. The highest BCUT2D eigenvalue weighted by molar-refractivity contribution is 5.16. The second-order valence-electron chi connectivity index (χ2n) is 6.56. The summed E-state index contributed by atoms with van der Waals surface area (Å²) in [4.78, 5) is 0. The van der Waals surface area contributed by atoms with E-state index in [4.69, 9.17) is 0 Å². The van der Waals surface area contributed by atoms with Crippen LogP contribution in [0.4, 0.5) is 0 Å². The van der Waals surface area contributed by atoms with Gasteiger partial charge in [0.1, 0.15) is 0 Å². The first-order valence-electron chi connectivity index (χ1n) is 6.32. The van der Waals surface area contributed by atoms with Crippen molar-refractivity contribution in [3.05, 3.63) is 0 Å². The van der Waals surface area contributed by atoms with E-state index in [0.717, 1.165) is 10.8 Å². The van der Waals surface area contributed by atoms with Gasteiger partial charge in [-0.3, -0.25) is 0 Å². The summed E-state index contributed by atoms with van der Waals surface area (Å²) in [6.07, 6.45) is 14.4. The predicted octanol–water partition coefficient (Wildman–Crippen LogP) is 3.76. The lowest BCUT2D eigenvalue weighted by Crippen LogP contribution is -2.62. The van der Waals surface area contributed by atoms with Crippen LogP contribution in [-0.2, 0) is 0 Å². The normalized spacial score (nSPS) is 55.4. The highest BCUT2D eigenvalue weighted by Crippen LogP contribution is 2.76. The summed E-state index contributed by atoms with van der Waals surface area (Å²) in [7, 11) is 0. The Morgan fingerprint density at radius 3 is 2.31 bits per heavy atom. The van der Waals surface area contributed by atoms with Crippen LogP contribution in [0.15, 0.2) is 0 Å². The van der Waals surface area contributed by atoms with Crippen LogP contribution in [-0.4, -0.2) is 0 Å². The molecule has 5 rings (SSSR count). The molecule has 0 nitrogen and oxygen atoms in total. The Morgan fingerprint density at radius 2 is 1.77 bits per heavy atom. The fraction of sp³-hybridized carbons (Fsp3) is 1.00. The standard InChI is InChI=1S/C13H20/c1-2-5-12(4-1)7-10-8-13(9-12)6-3-11(10)13/h10-11H,1-9H2. The molecule has 3 atom stereocenters. The van der Waals surface area contributed by atoms with Crippen molar-refractivity contribution in [3.63, 3.8) is 0 Å². The summed E-state index contributed by atoms with van der Waals surface area (Å²) in [5, 5.41) is 0. The summed E-state index contributed by atoms with van der Waals surface area (Å²) in [6, 6.07) is 0. The molecule has 5 fully saturated rings. The molecule has 0 aliphatic heterocycles. The van der Waals surface area contributed by atoms with Crippen molar-refractivity contribution in [1.29, 1.82) is 0 Å². The lowest BCUT2D eigenvalue weighted by Gasteiger charge is -2.71. The van der Waals surface area contributed by atoms with Crippen molar-refractivity contribution in [2.75, 3.05) is 0 Å². The molecule has 0 saturated heterocycles. The van der Waals surface area contributed by atoms with Crippen LogP contribution in [0.5, 0.6) is 0 Å². The SMILES string of the molecule is C1CCC2(C1)CC1CC3(CCC13)C2. The van der Waals surface area contributed by atoms with E-state index in [1.54, 1.807) is 57.8 Å². The van der Waals surface area contributed by atoms with Gasteiger partial charge in [-0.2, -0.15) is 0 Å². The maximum Gasteiger partial charge on any atom is -0.0258 e. The molecule has 0 aromatic carbocycles. The van der Waals surface area contributed by atoms with Crippen LogP contribution >= 0.6 is 0 Å². The lowest BCUT2D eigenvalue weighted by atomic mass is 9.34. The molecule has 0 aromatic rings. The first kappa shape index (κ1) is 7.31. The molecular weight excluding hydrogens is 156 g/mol. The van der Waals surface area contributed by atoms with Gasteiger partial charge < -0.3 is 0 Å². The third kappa shape index (κ3) is 0.714. The Morgan fingerprint density at radius 1 is 0.923 bits per heavy atom. The summed E-state index contributed by atoms with van der Waals surface area (Å²) < 4.78 is 0. The molecule has 5 aliphatic rings. The van der Waals surface area contributed by atoms with E-state index in [1.807, 2.05) is 0 Å². The molecular formula is C13H20. The van der Waals surface area contributed by atoms with E-state index >= 15 is 0 Å². The summed E-state index contributed by atoms with van der Waals surface area (Å²) in [6.45, 7) is 0. The first-order valence-corrected chi connectivity index (χ1v) is 6.32. The zero-order valence-corrected chi connectivity index (χ0v) is 8.52. The van der Waals surface area contributed by atoms with Gasteiger partial charge in [-0.05, 0) is 67.6 Å². The molecule has 72 valence electrons. The fourth-order valence-electron chi connectivity index (χ4n) is 5.60. The van der Waals surface area contributed by atoms with Crippen LogP contribution in [0.2, 0.25) is 0 Å². The number of rotatable bonds is 0. The zero-order valence-electron chi connectivity index (χ0n) is 8.52. The van der Waals surface area contributed by atoms with Gasteiger partial charge >= 0.3 is 0 Å². The summed E-state index contributed by atoms with van der Waals surface area (Å²) in [5.74, 6) is 2.42. The van der Waals surface area contributed by atoms with Crippen LogP contribution in [0.25, 0.3) is 0 Å². The smallest absolute Gasteiger partial charge is 0.0258 e. The highest BCUT2D eigenvalue weighted by Gasteiger charge is 2.66. The Bertz CT molecular complexity index is 249. The molecule has 0 amide bonds. The van der Waals surface area contributed by atoms with Gasteiger partial charge in [0.25, 0.3) is 0 Å². The first-order chi connectivity index (χ1) is 6.32. The maximum absolute atomic E-state index is 1.65. The zero-order chi connectivity index (χ0) is 8.52. The van der Waals surface area contributed by atoms with E-state index in [0.29, 0.717) is 0 Å². The number of hydrogen-bond donors (Lipinski definition) is 0. The van der Waals surface area contributed by atoms with E-state index in [9.17, 15) is 0 Å². The molecule has 0 heteroatoms. The molecule has 0 heterocycles. The average molecular weight is 176 g/mol. The largest absolute Gasteiger partial charge is 0.0528 e. The molecule has 3 unspecified atom stereocenters. The molecule has 5 aliphatic carbocycles. The Kier molecular flexibility index (Phi) is 1.12. The molecule has 13 heavy (non-hydrogen) atoms. The van der Waals surface area contributed by atoms with Gasteiger partial charge in [-0.25, -0.2) is 0 Å². The van der Waals surface area contributed by atoms with E-state index < -0.39 is 0 Å². The third-order valence-corrected chi connectivity index (χ3v) is 6.06. The van der Waals surface area contributed by atoms with Crippen molar-refractivity contribution in [3.8, 4) is 0 Å². The minimum absolute atomic E-state index is 0.889. The van der Waals surface area contributed by atoms with E-state index in [-0.39, 0.29) is 0 Å². The molecule has 0 N–H and O–H groups in total. The maximum atomic E-state index is 1.65. The van der Waals surface area contributed by atoms with Gasteiger partial charge in [0.05, 0.1) is 0 Å². The average Bonchev–Trinajstić information content (AvgIpc) is 2.51.